The van der Waals surface area contributed by atoms with Gasteiger partial charge in [0.2, 0.25) is 5.91 Å². The number of nitrogens with two attached hydrogens (primary N) is 1. The minimum Gasteiger partial charge on any atom is -0.396 e. The fraction of sp³-hybridized carbons (Fsp3) is 0.400. The second-order valence-corrected chi connectivity index (χ2v) is 12.0. The molecule has 0 bridgehead atoms. The van der Waals surface area contributed by atoms with E-state index in [0.717, 1.165) is 29.2 Å². The third-order valence-corrected chi connectivity index (χ3v) is 8.80. The van der Waals surface area contributed by atoms with Crippen molar-refractivity contribution in [1.29, 1.82) is 0 Å². The van der Waals surface area contributed by atoms with E-state index < -0.39 is 5.54 Å². The van der Waals surface area contributed by atoms with Gasteiger partial charge in [0.1, 0.15) is 5.54 Å². The van der Waals surface area contributed by atoms with Crippen LogP contribution in [-0.4, -0.2) is 58.2 Å². The summed E-state index contributed by atoms with van der Waals surface area (Å²) in [5.74, 6) is 0.111. The van der Waals surface area contributed by atoms with Crippen LogP contribution in [0.2, 0.25) is 15.1 Å². The van der Waals surface area contributed by atoms with Gasteiger partial charge in [-0.2, -0.15) is 0 Å². The van der Waals surface area contributed by atoms with Crippen LogP contribution >= 0.6 is 34.8 Å². The number of nitrogens with zero attached hydrogens (tertiary/aromatic N) is 2. The zero-order valence-corrected chi connectivity index (χ0v) is 24.4. The third-order valence-electron chi connectivity index (χ3n) is 8.00. The van der Waals surface area contributed by atoms with E-state index in [0.29, 0.717) is 65.3 Å². The zero-order chi connectivity index (χ0) is 28.4. The average molecular weight is 604 g/mol. The summed E-state index contributed by atoms with van der Waals surface area (Å²) in [5.41, 5.74) is 8.61. The first-order chi connectivity index (χ1) is 19.2. The topological polar surface area (TPSA) is 101 Å². The summed E-state index contributed by atoms with van der Waals surface area (Å²) >= 11 is 19.0. The van der Waals surface area contributed by atoms with E-state index in [4.69, 9.17) is 40.5 Å². The summed E-state index contributed by atoms with van der Waals surface area (Å²) in [6.07, 6.45) is 4.21. The van der Waals surface area contributed by atoms with Crippen molar-refractivity contribution in [3.63, 3.8) is 0 Å². The molecule has 7 nitrogen and oxygen atoms in total. The molecule has 0 atom stereocenters. The second kappa shape index (κ2) is 12.1. The highest BCUT2D eigenvalue weighted by atomic mass is 35.5. The first kappa shape index (κ1) is 29.0. The van der Waals surface area contributed by atoms with Gasteiger partial charge in [0.05, 0.1) is 16.3 Å². The highest BCUT2D eigenvalue weighted by Gasteiger charge is 2.42. The number of nitrogens with one attached hydrogen (secondary N) is 1. The molecule has 4 N–H and O–H groups in total. The number of amides is 2. The van der Waals surface area contributed by atoms with Crippen LogP contribution in [0.4, 0.5) is 0 Å². The van der Waals surface area contributed by atoms with E-state index in [1.807, 2.05) is 28.8 Å². The molecular weight excluding hydrogens is 571 g/mol. The van der Waals surface area contributed by atoms with Crippen molar-refractivity contribution in [2.45, 2.75) is 44.1 Å². The van der Waals surface area contributed by atoms with Gasteiger partial charge in [0.25, 0.3) is 5.91 Å². The molecule has 1 aliphatic carbocycles. The third kappa shape index (κ3) is 6.04. The number of carbonyl (C=O) groups is 2. The Kier molecular flexibility index (Phi) is 8.78. The Morgan fingerprint density at radius 2 is 1.68 bits per heavy atom. The molecule has 1 saturated carbocycles. The van der Waals surface area contributed by atoms with Gasteiger partial charge in [-0.3, -0.25) is 9.59 Å². The van der Waals surface area contributed by atoms with Gasteiger partial charge in [-0.25, -0.2) is 0 Å². The molecular formula is C30H33Cl3N4O3. The van der Waals surface area contributed by atoms with E-state index in [2.05, 4.69) is 5.32 Å². The Balaban J connectivity index is 1.53. The molecule has 212 valence electrons. The molecule has 2 fully saturated rings. The first-order valence-electron chi connectivity index (χ1n) is 13.6. The predicted octanol–water partition coefficient (Wildman–Crippen LogP) is 5.49. The number of aliphatic hydroxyl groups is 1. The summed E-state index contributed by atoms with van der Waals surface area (Å²) < 4.78 is 2.00. The van der Waals surface area contributed by atoms with Gasteiger partial charge in [0, 0.05) is 46.7 Å². The summed E-state index contributed by atoms with van der Waals surface area (Å²) in [6.45, 7) is 1.56. The number of benzene rings is 2. The molecule has 3 aromatic rings. The molecule has 40 heavy (non-hydrogen) atoms. The molecule has 5 rings (SSSR count). The Hall–Kier alpha value is -2.55. The van der Waals surface area contributed by atoms with Crippen LogP contribution in [0.15, 0.2) is 48.5 Å². The summed E-state index contributed by atoms with van der Waals surface area (Å²) in [5, 5.41) is 14.7. The van der Waals surface area contributed by atoms with Crippen molar-refractivity contribution < 1.29 is 14.7 Å². The van der Waals surface area contributed by atoms with Crippen molar-refractivity contribution in [2.75, 3.05) is 26.2 Å². The van der Waals surface area contributed by atoms with Gasteiger partial charge in [0.15, 0.2) is 0 Å². The van der Waals surface area contributed by atoms with Crippen LogP contribution in [0, 0.1) is 5.92 Å². The molecule has 1 aromatic heterocycles. The number of piperidine rings is 1. The van der Waals surface area contributed by atoms with Crippen LogP contribution in [0.3, 0.4) is 0 Å². The molecule has 0 spiro atoms. The number of likely N-dealkylation sites (tertiary alicyclic amines) is 1. The molecule has 0 unspecified atom stereocenters. The van der Waals surface area contributed by atoms with Crippen molar-refractivity contribution in [3.05, 3.63) is 74.9 Å². The maximum absolute atomic E-state index is 14.1. The van der Waals surface area contributed by atoms with E-state index in [1.54, 1.807) is 29.2 Å². The number of rotatable bonds is 10. The minimum absolute atomic E-state index is 0.0199. The SMILES string of the molecule is NC(=O)C1(NCC2CC2)CCN(C(=O)c2cc(-c3ccc(Cl)cc3Cl)n(-c3ccc(Cl)cc3)c2CCCO)CC1. The van der Waals surface area contributed by atoms with Crippen molar-refractivity contribution in [2.24, 2.45) is 11.7 Å². The largest absolute Gasteiger partial charge is 0.396 e. The van der Waals surface area contributed by atoms with Gasteiger partial charge in [-0.1, -0.05) is 34.8 Å². The van der Waals surface area contributed by atoms with Crippen molar-refractivity contribution in [3.8, 4) is 16.9 Å². The quantitative estimate of drug-likeness (QED) is 0.285. The lowest BCUT2D eigenvalue weighted by molar-refractivity contribution is -0.126. The number of hydrogen-bond donors (Lipinski definition) is 3. The lowest BCUT2D eigenvalue weighted by atomic mass is 9.86. The summed E-state index contributed by atoms with van der Waals surface area (Å²) in [7, 11) is 0. The highest BCUT2D eigenvalue weighted by molar-refractivity contribution is 6.36. The minimum atomic E-state index is -0.795. The summed E-state index contributed by atoms with van der Waals surface area (Å²) in [6, 6.07) is 14.5. The first-order valence-corrected chi connectivity index (χ1v) is 14.8. The maximum atomic E-state index is 14.1. The predicted molar refractivity (Wildman–Crippen MR) is 159 cm³/mol. The van der Waals surface area contributed by atoms with Crippen LogP contribution in [-0.2, 0) is 11.2 Å². The Bertz CT molecular complexity index is 1390. The normalized spacial score (nSPS) is 16.8. The van der Waals surface area contributed by atoms with Gasteiger partial charge < -0.3 is 25.6 Å². The number of aromatic nitrogens is 1. The standard InChI is InChI=1S/C30H33Cl3N4O3/c31-20-5-8-22(9-6-20)37-26(2-1-15-38)24(17-27(37)23-10-7-21(32)16-25(23)33)28(39)36-13-11-30(12-14-36,29(34)40)35-18-19-3-4-19/h5-10,16-17,19,35,38H,1-4,11-15,18H2,(H2,34,40). The van der Waals surface area contributed by atoms with Gasteiger partial charge >= 0.3 is 0 Å². The highest BCUT2D eigenvalue weighted by Crippen LogP contribution is 2.37. The fourth-order valence-electron chi connectivity index (χ4n) is 5.44. The van der Waals surface area contributed by atoms with Crippen LogP contribution in [0.1, 0.15) is 48.2 Å². The number of primary amides is 1. The molecule has 2 heterocycles. The molecule has 1 saturated heterocycles. The maximum Gasteiger partial charge on any atom is 0.255 e. The van der Waals surface area contributed by atoms with Gasteiger partial charge in [-0.05, 0) is 99.5 Å². The monoisotopic (exact) mass is 602 g/mol. The Labute approximate surface area is 249 Å². The number of carbonyl (C=O) groups excluding carboxylic acids is 2. The van der Waals surface area contributed by atoms with E-state index in [9.17, 15) is 14.7 Å². The van der Waals surface area contributed by atoms with E-state index in [1.165, 1.54) is 12.8 Å². The number of halogens is 3. The zero-order valence-electron chi connectivity index (χ0n) is 22.1. The second-order valence-electron chi connectivity index (χ2n) is 10.7. The van der Waals surface area contributed by atoms with Crippen molar-refractivity contribution in [1.82, 2.24) is 14.8 Å². The van der Waals surface area contributed by atoms with Crippen LogP contribution in [0.5, 0.6) is 0 Å². The molecule has 0 radical (unpaired) electrons. The lowest BCUT2D eigenvalue weighted by Gasteiger charge is -2.40. The molecule has 10 heteroatoms. The van der Waals surface area contributed by atoms with Crippen LogP contribution in [0.25, 0.3) is 16.9 Å². The molecule has 2 aromatic carbocycles. The number of aliphatic hydroxyl groups excluding tert-OH is 1. The lowest BCUT2D eigenvalue weighted by Crippen LogP contribution is -2.61. The van der Waals surface area contributed by atoms with Gasteiger partial charge in [-0.15, -0.1) is 0 Å². The molecule has 2 amide bonds. The fourth-order valence-corrected chi connectivity index (χ4v) is 6.07. The Morgan fingerprint density at radius 3 is 2.27 bits per heavy atom. The van der Waals surface area contributed by atoms with Crippen LogP contribution < -0.4 is 11.1 Å². The van der Waals surface area contributed by atoms with E-state index in [-0.39, 0.29) is 18.4 Å². The molecule has 2 aliphatic rings. The Morgan fingerprint density at radius 1 is 1.00 bits per heavy atom. The number of hydrogen-bond acceptors (Lipinski definition) is 4. The van der Waals surface area contributed by atoms with E-state index >= 15 is 0 Å². The molecule has 1 aliphatic heterocycles. The van der Waals surface area contributed by atoms with Crippen molar-refractivity contribution >= 4 is 46.6 Å². The average Bonchev–Trinajstić information content (AvgIpc) is 3.70. The smallest absolute Gasteiger partial charge is 0.255 e. The summed E-state index contributed by atoms with van der Waals surface area (Å²) in [4.78, 5) is 28.4.